The number of hydrogen-bond donors (Lipinski definition) is 1. The molecule has 0 unspecified atom stereocenters. The average molecular weight is 375 g/mol. The number of hydrogen-bond acceptors (Lipinski definition) is 4. The molecule has 5 nitrogen and oxygen atoms in total. The van der Waals surface area contributed by atoms with Gasteiger partial charge in [-0.1, -0.05) is 29.8 Å². The minimum atomic E-state index is -0.297. The van der Waals surface area contributed by atoms with Crippen molar-refractivity contribution in [3.63, 3.8) is 0 Å². The summed E-state index contributed by atoms with van der Waals surface area (Å²) < 4.78 is 10.8. The fourth-order valence-electron chi connectivity index (χ4n) is 2.71. The van der Waals surface area contributed by atoms with Crippen molar-refractivity contribution in [1.29, 1.82) is 0 Å². The van der Waals surface area contributed by atoms with Crippen LogP contribution in [0.15, 0.2) is 72.8 Å². The summed E-state index contributed by atoms with van der Waals surface area (Å²) in [6.45, 7) is 1.71. The second kappa shape index (κ2) is 8.86. The Hall–Kier alpha value is -3.60. The molecule has 0 heterocycles. The Labute approximate surface area is 163 Å². The minimum Gasteiger partial charge on any atom is -0.497 e. The van der Waals surface area contributed by atoms with Crippen molar-refractivity contribution in [2.45, 2.75) is 6.92 Å². The zero-order chi connectivity index (χ0) is 19.9. The normalized spacial score (nSPS) is 10.2. The first-order valence-electron chi connectivity index (χ1n) is 8.84. The van der Waals surface area contributed by atoms with Crippen molar-refractivity contribution in [2.75, 3.05) is 19.0 Å². The highest BCUT2D eigenvalue weighted by atomic mass is 16.5. The van der Waals surface area contributed by atoms with E-state index in [1.54, 1.807) is 55.6 Å². The summed E-state index contributed by atoms with van der Waals surface area (Å²) >= 11 is 0. The Kier molecular flexibility index (Phi) is 6.07. The van der Waals surface area contributed by atoms with Crippen LogP contribution in [0.5, 0.6) is 11.5 Å². The number of anilines is 1. The SMILES string of the molecule is COc1ccc(C(=O)c2cc(C)ccc2OCC(=O)Nc2ccccc2)cc1. The van der Waals surface area contributed by atoms with Crippen molar-refractivity contribution in [2.24, 2.45) is 0 Å². The molecule has 0 saturated carbocycles. The number of para-hydroxylation sites is 1. The van der Waals surface area contributed by atoms with E-state index in [1.807, 2.05) is 31.2 Å². The number of ketones is 1. The summed E-state index contributed by atoms with van der Waals surface area (Å²) in [7, 11) is 1.57. The van der Waals surface area contributed by atoms with Crippen molar-refractivity contribution >= 4 is 17.4 Å². The highest BCUT2D eigenvalue weighted by molar-refractivity contribution is 6.11. The van der Waals surface area contributed by atoms with Crippen LogP contribution in [0.4, 0.5) is 5.69 Å². The Bertz CT molecular complexity index is 966. The maximum atomic E-state index is 12.9. The van der Waals surface area contributed by atoms with Crippen molar-refractivity contribution in [3.05, 3.63) is 89.5 Å². The van der Waals surface area contributed by atoms with Gasteiger partial charge in [0.2, 0.25) is 0 Å². The molecule has 0 aromatic heterocycles. The first-order chi connectivity index (χ1) is 13.6. The molecule has 1 amide bonds. The smallest absolute Gasteiger partial charge is 0.262 e. The summed E-state index contributed by atoms with van der Waals surface area (Å²) in [5.41, 5.74) is 2.55. The molecule has 3 aromatic rings. The number of nitrogens with one attached hydrogen (secondary N) is 1. The lowest BCUT2D eigenvalue weighted by Gasteiger charge is -2.12. The molecule has 0 saturated heterocycles. The molecule has 0 spiro atoms. The number of amides is 1. The van der Waals surface area contributed by atoms with Gasteiger partial charge in [0.05, 0.1) is 12.7 Å². The van der Waals surface area contributed by atoms with Crippen molar-refractivity contribution in [3.8, 4) is 11.5 Å². The van der Waals surface area contributed by atoms with Gasteiger partial charge in [0, 0.05) is 11.3 Å². The predicted molar refractivity (Wildman–Crippen MR) is 108 cm³/mol. The van der Waals surface area contributed by atoms with Crippen LogP contribution in [0.25, 0.3) is 0 Å². The number of rotatable bonds is 7. The Morgan fingerprint density at radius 1 is 0.929 bits per heavy atom. The van der Waals surface area contributed by atoms with E-state index in [4.69, 9.17) is 9.47 Å². The number of ether oxygens (including phenoxy) is 2. The second-order valence-corrected chi connectivity index (χ2v) is 6.26. The average Bonchev–Trinajstić information content (AvgIpc) is 2.73. The zero-order valence-electron chi connectivity index (χ0n) is 15.8. The van der Waals surface area contributed by atoms with Gasteiger partial charge >= 0.3 is 0 Å². The van der Waals surface area contributed by atoms with Gasteiger partial charge in [0.15, 0.2) is 12.4 Å². The van der Waals surface area contributed by atoms with Crippen LogP contribution < -0.4 is 14.8 Å². The zero-order valence-corrected chi connectivity index (χ0v) is 15.8. The van der Waals surface area contributed by atoms with Gasteiger partial charge < -0.3 is 14.8 Å². The molecule has 0 aliphatic carbocycles. The quantitative estimate of drug-likeness (QED) is 0.627. The first-order valence-corrected chi connectivity index (χ1v) is 8.84. The van der Waals surface area contributed by atoms with Crippen LogP contribution in [0, 0.1) is 6.92 Å². The second-order valence-electron chi connectivity index (χ2n) is 6.26. The number of carbonyl (C=O) groups is 2. The molecular formula is C23H21NO4. The number of benzene rings is 3. The lowest BCUT2D eigenvalue weighted by molar-refractivity contribution is -0.118. The van der Waals surface area contributed by atoms with Crippen LogP contribution in [-0.2, 0) is 4.79 Å². The molecule has 28 heavy (non-hydrogen) atoms. The summed E-state index contributed by atoms with van der Waals surface area (Å²) in [4.78, 5) is 25.1. The number of carbonyl (C=O) groups excluding carboxylic acids is 2. The molecule has 0 fully saturated rings. The van der Waals surface area contributed by atoms with E-state index in [0.29, 0.717) is 28.3 Å². The Morgan fingerprint density at radius 3 is 2.32 bits per heavy atom. The highest BCUT2D eigenvalue weighted by Crippen LogP contribution is 2.24. The van der Waals surface area contributed by atoms with Gasteiger partial charge in [-0.05, 0) is 55.5 Å². The monoisotopic (exact) mass is 375 g/mol. The van der Waals surface area contributed by atoms with Gasteiger partial charge in [-0.15, -0.1) is 0 Å². The van der Waals surface area contributed by atoms with E-state index in [1.165, 1.54) is 0 Å². The molecule has 0 aliphatic heterocycles. The topological polar surface area (TPSA) is 64.6 Å². The molecule has 5 heteroatoms. The molecule has 3 rings (SSSR count). The summed E-state index contributed by atoms with van der Waals surface area (Å²) in [6.07, 6.45) is 0. The van der Waals surface area contributed by atoms with E-state index in [2.05, 4.69) is 5.32 Å². The van der Waals surface area contributed by atoms with E-state index >= 15 is 0 Å². The first kappa shape index (κ1) is 19.2. The minimum absolute atomic E-state index is 0.176. The molecule has 0 atom stereocenters. The van der Waals surface area contributed by atoms with Crippen molar-refractivity contribution < 1.29 is 19.1 Å². The Balaban J connectivity index is 1.74. The number of aryl methyl sites for hydroxylation is 1. The Morgan fingerprint density at radius 2 is 1.64 bits per heavy atom. The molecule has 0 aliphatic rings. The summed E-state index contributed by atoms with van der Waals surface area (Å²) in [5, 5.41) is 2.75. The summed E-state index contributed by atoms with van der Waals surface area (Å²) in [5.74, 6) is 0.573. The van der Waals surface area contributed by atoms with Crippen LogP contribution in [-0.4, -0.2) is 25.4 Å². The lowest BCUT2D eigenvalue weighted by atomic mass is 10.0. The van der Waals surface area contributed by atoms with Crippen LogP contribution in [0.2, 0.25) is 0 Å². The van der Waals surface area contributed by atoms with Crippen molar-refractivity contribution in [1.82, 2.24) is 0 Å². The molecular weight excluding hydrogens is 354 g/mol. The van der Waals surface area contributed by atoms with Gasteiger partial charge in [0.25, 0.3) is 5.91 Å². The summed E-state index contributed by atoms with van der Waals surface area (Å²) in [6, 6.07) is 21.3. The van der Waals surface area contributed by atoms with Crippen LogP contribution in [0.3, 0.4) is 0 Å². The molecule has 142 valence electrons. The van der Waals surface area contributed by atoms with E-state index in [-0.39, 0.29) is 18.3 Å². The van der Waals surface area contributed by atoms with E-state index in [9.17, 15) is 9.59 Å². The molecule has 1 N–H and O–H groups in total. The molecule has 0 bridgehead atoms. The lowest BCUT2D eigenvalue weighted by Crippen LogP contribution is -2.21. The largest absolute Gasteiger partial charge is 0.497 e. The van der Waals surface area contributed by atoms with Crippen LogP contribution in [0.1, 0.15) is 21.5 Å². The van der Waals surface area contributed by atoms with Gasteiger partial charge in [0.1, 0.15) is 11.5 Å². The fraction of sp³-hybridized carbons (Fsp3) is 0.130. The van der Waals surface area contributed by atoms with Gasteiger partial charge in [-0.3, -0.25) is 9.59 Å². The maximum absolute atomic E-state index is 12.9. The predicted octanol–water partition coefficient (Wildman–Crippen LogP) is 4.25. The highest BCUT2D eigenvalue weighted by Gasteiger charge is 2.16. The van der Waals surface area contributed by atoms with E-state index < -0.39 is 0 Å². The van der Waals surface area contributed by atoms with Gasteiger partial charge in [-0.25, -0.2) is 0 Å². The third-order valence-corrected chi connectivity index (χ3v) is 4.15. The standard InChI is InChI=1S/C23H21NO4/c1-16-8-13-21(28-15-22(25)24-18-6-4-3-5-7-18)20(14-16)23(26)17-9-11-19(27-2)12-10-17/h3-14H,15H2,1-2H3,(H,24,25). The van der Waals surface area contributed by atoms with Gasteiger partial charge in [-0.2, -0.15) is 0 Å². The number of methoxy groups -OCH3 is 1. The maximum Gasteiger partial charge on any atom is 0.262 e. The third-order valence-electron chi connectivity index (χ3n) is 4.15. The fourth-order valence-corrected chi connectivity index (χ4v) is 2.71. The molecule has 3 aromatic carbocycles. The van der Waals surface area contributed by atoms with Crippen LogP contribution >= 0.6 is 0 Å². The third kappa shape index (κ3) is 4.76. The molecule has 0 radical (unpaired) electrons. The van der Waals surface area contributed by atoms with E-state index in [0.717, 1.165) is 5.56 Å².